The van der Waals surface area contributed by atoms with E-state index in [2.05, 4.69) is 27.4 Å². The van der Waals surface area contributed by atoms with Crippen molar-refractivity contribution in [2.75, 3.05) is 5.32 Å². The van der Waals surface area contributed by atoms with Crippen molar-refractivity contribution in [3.8, 4) is 5.75 Å². The molecule has 0 aliphatic heterocycles. The summed E-state index contributed by atoms with van der Waals surface area (Å²) < 4.78 is 20.5. The van der Waals surface area contributed by atoms with Gasteiger partial charge < -0.3 is 10.1 Å². The third kappa shape index (κ3) is 4.58. The average molecular weight is 374 g/mol. The molecule has 1 aromatic heterocycles. The lowest BCUT2D eigenvalue weighted by molar-refractivity contribution is 0.303. The molecule has 0 saturated heterocycles. The molecule has 0 fully saturated rings. The van der Waals surface area contributed by atoms with Crippen molar-refractivity contribution in [2.45, 2.75) is 19.7 Å². The first-order valence-corrected chi connectivity index (χ1v) is 8.30. The Morgan fingerprint density at radius 1 is 1.23 bits per heavy atom. The van der Waals surface area contributed by atoms with Crippen LogP contribution < -0.4 is 10.1 Å². The molecular formula is C18H17ClFN5O. The molecule has 0 unspecified atom stereocenters. The van der Waals surface area contributed by atoms with Gasteiger partial charge in [-0.05, 0) is 46.3 Å². The number of anilines is 1. The second-order valence-corrected chi connectivity index (χ2v) is 5.93. The van der Waals surface area contributed by atoms with Gasteiger partial charge >= 0.3 is 0 Å². The lowest BCUT2D eigenvalue weighted by Crippen LogP contribution is -2.09. The number of hydrogen-bond acceptors (Lipinski definition) is 5. The molecule has 0 saturated carbocycles. The second-order valence-electron chi connectivity index (χ2n) is 5.49. The minimum absolute atomic E-state index is 0.276. The summed E-state index contributed by atoms with van der Waals surface area (Å²) in [5, 5.41) is 15.2. The number of benzene rings is 2. The van der Waals surface area contributed by atoms with Crippen LogP contribution in [0.1, 0.15) is 11.1 Å². The Morgan fingerprint density at radius 3 is 2.81 bits per heavy atom. The number of rotatable bonds is 8. The van der Waals surface area contributed by atoms with Gasteiger partial charge in [0.05, 0.1) is 6.54 Å². The van der Waals surface area contributed by atoms with Crippen molar-refractivity contribution in [3.63, 3.8) is 0 Å². The van der Waals surface area contributed by atoms with Gasteiger partial charge in [0.15, 0.2) is 0 Å². The van der Waals surface area contributed by atoms with Gasteiger partial charge in [-0.3, -0.25) is 0 Å². The lowest BCUT2D eigenvalue weighted by Gasteiger charge is -2.13. The highest BCUT2D eigenvalue weighted by Gasteiger charge is 2.09. The molecule has 0 amide bonds. The molecule has 0 aliphatic carbocycles. The molecule has 2 aromatic carbocycles. The molecule has 0 radical (unpaired) electrons. The van der Waals surface area contributed by atoms with E-state index in [0.717, 1.165) is 11.1 Å². The summed E-state index contributed by atoms with van der Waals surface area (Å²) in [5.74, 6) is 0.922. The third-order valence-corrected chi connectivity index (χ3v) is 3.84. The van der Waals surface area contributed by atoms with Crippen molar-refractivity contribution in [2.24, 2.45) is 0 Å². The van der Waals surface area contributed by atoms with E-state index in [1.54, 1.807) is 35.0 Å². The fourth-order valence-corrected chi connectivity index (χ4v) is 2.51. The van der Waals surface area contributed by atoms with Crippen LogP contribution in [-0.2, 0) is 19.7 Å². The maximum absolute atomic E-state index is 13.0. The van der Waals surface area contributed by atoms with Crippen molar-refractivity contribution in [1.29, 1.82) is 0 Å². The normalized spacial score (nSPS) is 10.5. The first-order valence-electron chi connectivity index (χ1n) is 7.92. The predicted molar refractivity (Wildman–Crippen MR) is 97.5 cm³/mol. The number of nitrogens with one attached hydrogen (secondary N) is 1. The molecule has 26 heavy (non-hydrogen) atoms. The maximum atomic E-state index is 13.0. The maximum Gasteiger partial charge on any atom is 0.243 e. The zero-order valence-corrected chi connectivity index (χ0v) is 14.7. The Hall–Kier alpha value is -2.93. The number of hydrogen-bond donors (Lipinski definition) is 1. The molecule has 0 atom stereocenters. The van der Waals surface area contributed by atoms with E-state index in [1.165, 1.54) is 12.1 Å². The summed E-state index contributed by atoms with van der Waals surface area (Å²) >= 11 is 6.11. The molecule has 0 spiro atoms. The number of nitrogens with zero attached hydrogens (tertiary/aromatic N) is 4. The van der Waals surface area contributed by atoms with E-state index in [1.807, 2.05) is 6.07 Å². The number of ether oxygens (including phenoxy) is 1. The Labute approximate surface area is 155 Å². The smallest absolute Gasteiger partial charge is 0.243 e. The third-order valence-electron chi connectivity index (χ3n) is 3.60. The lowest BCUT2D eigenvalue weighted by atomic mass is 10.2. The zero-order chi connectivity index (χ0) is 18.4. The molecule has 6 nitrogen and oxygen atoms in total. The number of aromatic nitrogens is 4. The first kappa shape index (κ1) is 17.9. The first-order chi connectivity index (χ1) is 12.7. The fraction of sp³-hybridized carbons (Fsp3) is 0.167. The Kier molecular flexibility index (Phi) is 5.80. The highest BCUT2D eigenvalue weighted by molar-refractivity contribution is 6.30. The number of allylic oxidation sites excluding steroid dienone is 1. The molecule has 8 heteroatoms. The van der Waals surface area contributed by atoms with Gasteiger partial charge in [0, 0.05) is 17.1 Å². The van der Waals surface area contributed by atoms with E-state index in [4.69, 9.17) is 16.3 Å². The van der Waals surface area contributed by atoms with Crippen molar-refractivity contribution in [3.05, 3.63) is 77.1 Å². The summed E-state index contributed by atoms with van der Waals surface area (Å²) in [6.07, 6.45) is 1.71. The summed E-state index contributed by atoms with van der Waals surface area (Å²) in [4.78, 5) is 0. The van der Waals surface area contributed by atoms with Gasteiger partial charge in [0.25, 0.3) is 0 Å². The van der Waals surface area contributed by atoms with Crippen LogP contribution in [0.25, 0.3) is 0 Å². The Balaban J connectivity index is 1.70. The quantitative estimate of drug-likeness (QED) is 0.608. The highest BCUT2D eigenvalue weighted by Crippen LogP contribution is 2.24. The SMILES string of the molecule is C=CCn1nnnc1NCc1cc(Cl)ccc1OCc1ccc(F)cc1. The van der Waals surface area contributed by atoms with Gasteiger partial charge in [-0.15, -0.1) is 6.58 Å². The Bertz CT molecular complexity index is 882. The second kappa shape index (κ2) is 8.44. The van der Waals surface area contributed by atoms with Gasteiger partial charge in [-0.2, -0.15) is 0 Å². The topological polar surface area (TPSA) is 64.9 Å². The van der Waals surface area contributed by atoms with Crippen molar-refractivity contribution >= 4 is 17.5 Å². The standard InChI is InChI=1S/C18H17ClFN5O/c1-2-9-25-18(22-23-24-25)21-11-14-10-15(19)5-8-17(14)26-12-13-3-6-16(20)7-4-13/h2-8,10H,1,9,11-12H2,(H,21,22,24). The van der Waals surface area contributed by atoms with Crippen LogP contribution in [0.4, 0.5) is 10.3 Å². The van der Waals surface area contributed by atoms with Crippen LogP contribution in [0, 0.1) is 5.82 Å². The van der Waals surface area contributed by atoms with Crippen LogP contribution >= 0.6 is 11.6 Å². The molecular weight excluding hydrogens is 357 g/mol. The van der Waals surface area contributed by atoms with Gasteiger partial charge in [-0.25, -0.2) is 9.07 Å². The van der Waals surface area contributed by atoms with E-state index in [-0.39, 0.29) is 5.82 Å². The molecule has 1 N–H and O–H groups in total. The molecule has 134 valence electrons. The van der Waals surface area contributed by atoms with E-state index >= 15 is 0 Å². The minimum atomic E-state index is -0.276. The monoisotopic (exact) mass is 373 g/mol. The fourth-order valence-electron chi connectivity index (χ4n) is 2.32. The molecule has 1 heterocycles. The van der Waals surface area contributed by atoms with Crippen LogP contribution in [0.15, 0.2) is 55.1 Å². The minimum Gasteiger partial charge on any atom is -0.489 e. The van der Waals surface area contributed by atoms with Crippen molar-refractivity contribution < 1.29 is 9.13 Å². The number of halogens is 2. The highest BCUT2D eigenvalue weighted by atomic mass is 35.5. The van der Waals surface area contributed by atoms with Gasteiger partial charge in [0.2, 0.25) is 5.95 Å². The zero-order valence-electron chi connectivity index (χ0n) is 13.9. The molecule has 3 aromatic rings. The van der Waals surface area contributed by atoms with Crippen LogP contribution in [0.5, 0.6) is 5.75 Å². The van der Waals surface area contributed by atoms with E-state index in [9.17, 15) is 4.39 Å². The van der Waals surface area contributed by atoms with Crippen LogP contribution in [-0.4, -0.2) is 20.2 Å². The summed E-state index contributed by atoms with van der Waals surface area (Å²) in [5.41, 5.74) is 1.72. The Morgan fingerprint density at radius 2 is 2.04 bits per heavy atom. The molecule has 3 rings (SSSR count). The summed E-state index contributed by atoms with van der Waals surface area (Å²) in [6.45, 7) is 4.92. The van der Waals surface area contributed by atoms with Crippen molar-refractivity contribution in [1.82, 2.24) is 20.2 Å². The largest absolute Gasteiger partial charge is 0.489 e. The predicted octanol–water partition coefficient (Wildman–Crippen LogP) is 3.84. The number of tetrazole rings is 1. The van der Waals surface area contributed by atoms with E-state index in [0.29, 0.717) is 36.4 Å². The molecule has 0 aliphatic rings. The van der Waals surface area contributed by atoms with Gasteiger partial charge in [-0.1, -0.05) is 34.9 Å². The van der Waals surface area contributed by atoms with Crippen LogP contribution in [0.3, 0.4) is 0 Å². The van der Waals surface area contributed by atoms with Gasteiger partial charge in [0.1, 0.15) is 18.2 Å². The summed E-state index contributed by atoms with van der Waals surface area (Å²) in [6, 6.07) is 11.6. The van der Waals surface area contributed by atoms with E-state index < -0.39 is 0 Å². The average Bonchev–Trinajstić information content (AvgIpc) is 3.08. The molecule has 0 bridgehead atoms. The van der Waals surface area contributed by atoms with Crippen LogP contribution in [0.2, 0.25) is 5.02 Å². The summed E-state index contributed by atoms with van der Waals surface area (Å²) in [7, 11) is 0.